The third kappa shape index (κ3) is 3.65. The molecule has 0 spiro atoms. The summed E-state index contributed by atoms with van der Waals surface area (Å²) < 4.78 is 0. The van der Waals surface area contributed by atoms with Crippen molar-refractivity contribution >= 4 is 22.4 Å². The van der Waals surface area contributed by atoms with Crippen LogP contribution in [0.25, 0.3) is 10.9 Å². The summed E-state index contributed by atoms with van der Waals surface area (Å²) in [6.45, 7) is 6.84. The van der Waals surface area contributed by atoms with Crippen molar-refractivity contribution in [3.8, 4) is 0 Å². The maximum Gasteiger partial charge on any atom is 0.270 e. The first-order chi connectivity index (χ1) is 11.2. The lowest BCUT2D eigenvalue weighted by Gasteiger charge is -2.31. The number of nitrogens with one attached hydrogen (secondary N) is 1. The minimum atomic E-state index is -0.386. The maximum atomic E-state index is 10.8. The fourth-order valence-corrected chi connectivity index (χ4v) is 2.96. The molecule has 0 bridgehead atoms. The van der Waals surface area contributed by atoms with Crippen LogP contribution in [0.5, 0.6) is 0 Å². The second-order valence-electron chi connectivity index (χ2n) is 5.84. The van der Waals surface area contributed by atoms with Crippen LogP contribution in [0.4, 0.5) is 11.5 Å². The van der Waals surface area contributed by atoms with E-state index in [4.69, 9.17) is 0 Å². The van der Waals surface area contributed by atoms with Crippen molar-refractivity contribution in [1.29, 1.82) is 0 Å². The van der Waals surface area contributed by atoms with Crippen LogP contribution in [0.1, 0.15) is 12.8 Å². The number of nitrogens with zero attached hydrogens (tertiary/aromatic N) is 3. The van der Waals surface area contributed by atoms with Crippen LogP contribution >= 0.6 is 0 Å². The summed E-state index contributed by atoms with van der Waals surface area (Å²) >= 11 is 0. The molecular weight excluding hydrogens is 292 g/mol. The van der Waals surface area contributed by atoms with E-state index in [0.717, 1.165) is 49.2 Å². The molecule has 23 heavy (non-hydrogen) atoms. The van der Waals surface area contributed by atoms with Gasteiger partial charge in [0.15, 0.2) is 0 Å². The molecule has 1 saturated heterocycles. The summed E-state index contributed by atoms with van der Waals surface area (Å²) in [5, 5.41) is 15.1. The zero-order valence-electron chi connectivity index (χ0n) is 12.9. The van der Waals surface area contributed by atoms with E-state index >= 15 is 0 Å². The third-order valence-electron chi connectivity index (χ3n) is 4.21. The third-order valence-corrected chi connectivity index (χ3v) is 4.21. The number of nitro groups is 1. The van der Waals surface area contributed by atoms with Crippen LogP contribution < -0.4 is 5.32 Å². The minimum Gasteiger partial charge on any atom is -0.367 e. The van der Waals surface area contributed by atoms with E-state index in [0.29, 0.717) is 6.04 Å². The highest BCUT2D eigenvalue weighted by molar-refractivity contribution is 5.82. The number of aromatic nitrogens is 1. The molecular formula is C17H20N4O2. The van der Waals surface area contributed by atoms with E-state index < -0.39 is 0 Å². The predicted octanol–water partition coefficient (Wildman–Crippen LogP) is 3.21. The number of non-ortho nitro benzene ring substituents is 1. The van der Waals surface area contributed by atoms with E-state index in [1.165, 1.54) is 6.07 Å². The number of nitro benzene ring substituents is 1. The summed E-state index contributed by atoms with van der Waals surface area (Å²) in [4.78, 5) is 17.4. The van der Waals surface area contributed by atoms with Crippen molar-refractivity contribution in [2.45, 2.75) is 18.9 Å². The van der Waals surface area contributed by atoms with E-state index in [9.17, 15) is 10.1 Å². The molecule has 6 heteroatoms. The first kappa shape index (κ1) is 15.4. The first-order valence-electron chi connectivity index (χ1n) is 7.81. The lowest BCUT2D eigenvalue weighted by molar-refractivity contribution is -0.384. The average Bonchev–Trinajstić information content (AvgIpc) is 2.56. The zero-order valence-corrected chi connectivity index (χ0v) is 12.9. The van der Waals surface area contributed by atoms with Gasteiger partial charge in [0.1, 0.15) is 5.82 Å². The Balaban J connectivity index is 1.68. The Kier molecular flexibility index (Phi) is 4.52. The van der Waals surface area contributed by atoms with Gasteiger partial charge in [-0.3, -0.25) is 15.0 Å². The Bertz CT molecular complexity index is 724. The van der Waals surface area contributed by atoms with Crippen LogP contribution in [0.3, 0.4) is 0 Å². The lowest BCUT2D eigenvalue weighted by atomic mass is 10.1. The van der Waals surface area contributed by atoms with Crippen LogP contribution in [0, 0.1) is 10.1 Å². The van der Waals surface area contributed by atoms with Gasteiger partial charge in [0, 0.05) is 43.2 Å². The highest BCUT2D eigenvalue weighted by Crippen LogP contribution is 2.22. The van der Waals surface area contributed by atoms with E-state index in [2.05, 4.69) is 21.8 Å². The second-order valence-corrected chi connectivity index (χ2v) is 5.84. The molecule has 1 aromatic heterocycles. The number of rotatable bonds is 5. The van der Waals surface area contributed by atoms with Crippen molar-refractivity contribution in [3.05, 3.63) is 53.1 Å². The molecule has 0 amide bonds. The van der Waals surface area contributed by atoms with Crippen molar-refractivity contribution in [1.82, 2.24) is 9.88 Å². The maximum absolute atomic E-state index is 10.8. The number of fused-ring (bicyclic) bond motifs is 1. The molecule has 1 N–H and O–H groups in total. The van der Waals surface area contributed by atoms with Crippen molar-refractivity contribution < 1.29 is 4.92 Å². The smallest absolute Gasteiger partial charge is 0.270 e. The summed E-state index contributed by atoms with van der Waals surface area (Å²) in [5.41, 5.74) is 0.860. The Morgan fingerprint density at radius 3 is 2.83 bits per heavy atom. The van der Waals surface area contributed by atoms with E-state index in [1.54, 1.807) is 12.1 Å². The molecule has 3 rings (SSSR count). The van der Waals surface area contributed by atoms with Gasteiger partial charge in [0.05, 0.1) is 10.4 Å². The summed E-state index contributed by atoms with van der Waals surface area (Å²) in [6.07, 6.45) is 4.10. The van der Waals surface area contributed by atoms with Crippen LogP contribution in [-0.4, -0.2) is 40.5 Å². The molecule has 6 nitrogen and oxygen atoms in total. The SMILES string of the molecule is C=CCN1CCC(Nc2ccc3cc([N+](=O)[O-])ccc3n2)CC1. The molecule has 1 aromatic carbocycles. The quantitative estimate of drug-likeness (QED) is 0.521. The molecule has 0 aliphatic carbocycles. The number of pyridine rings is 1. The monoisotopic (exact) mass is 312 g/mol. The van der Waals surface area contributed by atoms with Gasteiger partial charge in [0.2, 0.25) is 0 Å². The van der Waals surface area contributed by atoms with Gasteiger partial charge in [-0.15, -0.1) is 6.58 Å². The second kappa shape index (κ2) is 6.75. The Morgan fingerprint density at radius 2 is 2.13 bits per heavy atom. The van der Waals surface area contributed by atoms with Crippen molar-refractivity contribution in [3.63, 3.8) is 0 Å². The Labute approximate surface area is 135 Å². The van der Waals surface area contributed by atoms with E-state index in [1.807, 2.05) is 18.2 Å². The predicted molar refractivity (Wildman–Crippen MR) is 91.7 cm³/mol. The molecule has 0 radical (unpaired) electrons. The van der Waals surface area contributed by atoms with Gasteiger partial charge < -0.3 is 5.32 Å². The van der Waals surface area contributed by atoms with Crippen LogP contribution in [0.15, 0.2) is 43.0 Å². The molecule has 1 aliphatic rings. The molecule has 2 aromatic rings. The number of hydrogen-bond donors (Lipinski definition) is 1. The molecule has 1 aliphatic heterocycles. The summed E-state index contributed by atoms with van der Waals surface area (Å²) in [7, 11) is 0. The lowest BCUT2D eigenvalue weighted by Crippen LogP contribution is -2.39. The minimum absolute atomic E-state index is 0.0922. The molecule has 0 unspecified atom stereocenters. The number of likely N-dealkylation sites (tertiary alicyclic amines) is 1. The first-order valence-corrected chi connectivity index (χ1v) is 7.81. The van der Waals surface area contributed by atoms with Gasteiger partial charge >= 0.3 is 0 Å². The van der Waals surface area contributed by atoms with Gasteiger partial charge in [-0.05, 0) is 31.0 Å². The fourth-order valence-electron chi connectivity index (χ4n) is 2.96. The van der Waals surface area contributed by atoms with E-state index in [-0.39, 0.29) is 10.6 Å². The number of piperidine rings is 1. The molecule has 1 fully saturated rings. The standard InChI is InChI=1S/C17H20N4O2/c1-2-9-20-10-7-14(8-11-20)18-17-6-3-13-12-15(21(22)23)4-5-16(13)19-17/h2-6,12,14H,1,7-11H2,(H,18,19). The van der Waals surface area contributed by atoms with Gasteiger partial charge in [0.25, 0.3) is 5.69 Å². The van der Waals surface area contributed by atoms with Crippen molar-refractivity contribution in [2.75, 3.05) is 25.0 Å². The number of hydrogen-bond acceptors (Lipinski definition) is 5. The normalized spacial score (nSPS) is 16.3. The molecule has 120 valence electrons. The van der Waals surface area contributed by atoms with Gasteiger partial charge in [-0.1, -0.05) is 6.08 Å². The topological polar surface area (TPSA) is 71.3 Å². The Morgan fingerprint density at radius 1 is 1.35 bits per heavy atom. The van der Waals surface area contributed by atoms with Crippen molar-refractivity contribution in [2.24, 2.45) is 0 Å². The summed E-state index contributed by atoms with van der Waals surface area (Å²) in [6, 6.07) is 8.93. The van der Waals surface area contributed by atoms with Gasteiger partial charge in [-0.25, -0.2) is 4.98 Å². The highest BCUT2D eigenvalue weighted by atomic mass is 16.6. The largest absolute Gasteiger partial charge is 0.367 e. The summed E-state index contributed by atoms with van der Waals surface area (Å²) in [5.74, 6) is 0.827. The molecule has 2 heterocycles. The zero-order chi connectivity index (χ0) is 16.2. The Hall–Kier alpha value is -2.47. The number of anilines is 1. The molecule has 0 atom stereocenters. The van der Waals surface area contributed by atoms with Crippen LogP contribution in [0.2, 0.25) is 0 Å². The molecule has 0 saturated carbocycles. The fraction of sp³-hybridized carbons (Fsp3) is 0.353. The van der Waals surface area contributed by atoms with Gasteiger partial charge in [-0.2, -0.15) is 0 Å². The van der Waals surface area contributed by atoms with Crippen LogP contribution in [-0.2, 0) is 0 Å². The highest BCUT2D eigenvalue weighted by Gasteiger charge is 2.18. The number of benzene rings is 1. The average molecular weight is 312 g/mol.